The van der Waals surface area contributed by atoms with Gasteiger partial charge in [0.15, 0.2) is 0 Å². The molecule has 4 saturated carbocycles. The number of nitrogens with one attached hydrogen (secondary N) is 3. The summed E-state index contributed by atoms with van der Waals surface area (Å²) in [6, 6.07) is 7.58. The van der Waals surface area contributed by atoms with Crippen LogP contribution in [0, 0.1) is 17.8 Å². The molecule has 0 unspecified atom stereocenters. The fourth-order valence-electron chi connectivity index (χ4n) is 5.81. The van der Waals surface area contributed by atoms with Gasteiger partial charge in [-0.05, 0) is 73.5 Å². The topological polar surface area (TPSA) is 90.5 Å². The predicted octanol–water partition coefficient (Wildman–Crippen LogP) is 2.38. The monoisotopic (exact) mass is 383 g/mol. The summed E-state index contributed by atoms with van der Waals surface area (Å²) in [5.74, 6) is 2.09. The van der Waals surface area contributed by atoms with Crippen molar-refractivity contribution in [1.29, 1.82) is 0 Å². The molecule has 28 heavy (non-hydrogen) atoms. The van der Waals surface area contributed by atoms with Crippen molar-refractivity contribution in [2.75, 3.05) is 6.54 Å². The number of carbonyl (C=O) groups is 2. The third kappa shape index (κ3) is 4.45. The third-order valence-electron chi connectivity index (χ3n) is 6.67. The average molecular weight is 383 g/mol. The second-order valence-electron chi connectivity index (χ2n) is 8.88. The first-order valence-corrected chi connectivity index (χ1v) is 10.3. The molecular weight excluding hydrogens is 354 g/mol. The minimum absolute atomic E-state index is 0.0411. The average Bonchev–Trinajstić information content (AvgIpc) is 2.68. The minimum atomic E-state index is -0.567. The van der Waals surface area contributed by atoms with Gasteiger partial charge in [-0.15, -0.1) is 0 Å². The van der Waals surface area contributed by atoms with Crippen molar-refractivity contribution in [1.82, 2.24) is 16.1 Å². The van der Waals surface area contributed by atoms with E-state index >= 15 is 0 Å². The fraction of sp³-hybridized carbons (Fsp3) is 0.545. The van der Waals surface area contributed by atoms with Crippen LogP contribution in [-0.2, 0) is 16.1 Å². The molecule has 0 heterocycles. The molecule has 5 rings (SSSR count). The van der Waals surface area contributed by atoms with Crippen molar-refractivity contribution in [2.45, 2.75) is 50.6 Å². The van der Waals surface area contributed by atoms with Gasteiger partial charge < -0.3 is 10.6 Å². The van der Waals surface area contributed by atoms with Gasteiger partial charge in [-0.1, -0.05) is 24.3 Å². The Morgan fingerprint density at radius 1 is 1.04 bits per heavy atom. The zero-order chi connectivity index (χ0) is 19.6. The van der Waals surface area contributed by atoms with Crippen molar-refractivity contribution in [3.8, 4) is 0 Å². The molecule has 0 saturated heterocycles. The Morgan fingerprint density at radius 2 is 1.64 bits per heavy atom. The zero-order valence-corrected chi connectivity index (χ0v) is 16.1. The molecule has 2 amide bonds. The molecule has 0 aromatic heterocycles. The molecule has 4 aliphatic carbocycles. The first kappa shape index (κ1) is 19.2. The summed E-state index contributed by atoms with van der Waals surface area (Å²) in [4.78, 5) is 23.3. The van der Waals surface area contributed by atoms with Gasteiger partial charge in [0.05, 0.1) is 6.54 Å². The van der Waals surface area contributed by atoms with Crippen molar-refractivity contribution < 1.29 is 14.8 Å². The maximum Gasteiger partial charge on any atom is 0.267 e. The van der Waals surface area contributed by atoms with Crippen LogP contribution in [0.15, 0.2) is 30.3 Å². The van der Waals surface area contributed by atoms with Gasteiger partial charge in [0.2, 0.25) is 5.91 Å². The molecule has 0 atom stereocenters. The summed E-state index contributed by atoms with van der Waals surface area (Å²) in [5.41, 5.74) is 3.62. The lowest BCUT2D eigenvalue weighted by Crippen LogP contribution is -2.59. The van der Waals surface area contributed by atoms with Gasteiger partial charge in [-0.3, -0.25) is 14.8 Å². The van der Waals surface area contributed by atoms with Crippen molar-refractivity contribution in [3.05, 3.63) is 41.5 Å². The van der Waals surface area contributed by atoms with Crippen LogP contribution >= 0.6 is 0 Å². The Bertz CT molecular complexity index is 722. The molecular formula is C22H29N3O3. The zero-order valence-electron chi connectivity index (χ0n) is 16.1. The van der Waals surface area contributed by atoms with E-state index in [1.807, 2.05) is 24.3 Å². The molecule has 4 N–H and O–H groups in total. The fourth-order valence-corrected chi connectivity index (χ4v) is 5.81. The van der Waals surface area contributed by atoms with Crippen LogP contribution in [0.5, 0.6) is 0 Å². The molecule has 0 aliphatic heterocycles. The second kappa shape index (κ2) is 8.05. The maximum absolute atomic E-state index is 12.3. The summed E-state index contributed by atoms with van der Waals surface area (Å²) in [6.07, 6.45) is 10.8. The Kier molecular flexibility index (Phi) is 5.51. The van der Waals surface area contributed by atoms with Crippen LogP contribution in [0.4, 0.5) is 0 Å². The number of hydrogen-bond acceptors (Lipinski definition) is 4. The van der Waals surface area contributed by atoms with Crippen LogP contribution in [-0.4, -0.2) is 29.1 Å². The molecule has 0 spiro atoms. The van der Waals surface area contributed by atoms with E-state index in [1.165, 1.54) is 44.6 Å². The number of amides is 2. The van der Waals surface area contributed by atoms with Crippen LogP contribution in [0.1, 0.15) is 49.7 Å². The largest absolute Gasteiger partial charge is 0.351 e. The molecule has 0 radical (unpaired) electrons. The van der Waals surface area contributed by atoms with Crippen LogP contribution in [0.2, 0.25) is 0 Å². The smallest absolute Gasteiger partial charge is 0.267 e. The van der Waals surface area contributed by atoms with Gasteiger partial charge in [-0.25, -0.2) is 5.48 Å². The quantitative estimate of drug-likeness (QED) is 0.331. The van der Waals surface area contributed by atoms with Crippen molar-refractivity contribution in [3.63, 3.8) is 0 Å². The second-order valence-corrected chi connectivity index (χ2v) is 8.88. The van der Waals surface area contributed by atoms with Gasteiger partial charge in [0.1, 0.15) is 0 Å². The number of benzene rings is 1. The van der Waals surface area contributed by atoms with Crippen LogP contribution in [0.3, 0.4) is 0 Å². The summed E-state index contributed by atoms with van der Waals surface area (Å²) in [5, 5.41) is 15.1. The van der Waals surface area contributed by atoms with Gasteiger partial charge in [0.25, 0.3) is 5.91 Å². The van der Waals surface area contributed by atoms with E-state index in [0.717, 1.165) is 28.9 Å². The third-order valence-corrected chi connectivity index (χ3v) is 6.67. The lowest BCUT2D eigenvalue weighted by Gasteiger charge is -2.57. The molecule has 150 valence electrons. The van der Waals surface area contributed by atoms with Crippen LogP contribution in [0.25, 0.3) is 6.08 Å². The van der Waals surface area contributed by atoms with Crippen LogP contribution < -0.4 is 16.1 Å². The highest BCUT2D eigenvalue weighted by Crippen LogP contribution is 2.55. The number of rotatable bonds is 7. The minimum Gasteiger partial charge on any atom is -0.351 e. The molecule has 6 nitrogen and oxygen atoms in total. The SMILES string of the molecule is O=C(/C=C/c1ccc(CNC(=O)CNC23CC4CC(CC(C4)C2)C3)cc1)NO. The van der Waals surface area contributed by atoms with Gasteiger partial charge in [-0.2, -0.15) is 0 Å². The Balaban J connectivity index is 1.23. The van der Waals surface area contributed by atoms with E-state index in [0.29, 0.717) is 13.1 Å². The van der Waals surface area contributed by atoms with Gasteiger partial charge >= 0.3 is 0 Å². The predicted molar refractivity (Wildman–Crippen MR) is 106 cm³/mol. The summed E-state index contributed by atoms with van der Waals surface area (Å²) >= 11 is 0. The van der Waals surface area contributed by atoms with Crippen molar-refractivity contribution >= 4 is 17.9 Å². The maximum atomic E-state index is 12.3. The summed E-state index contributed by atoms with van der Waals surface area (Å²) < 4.78 is 0. The molecule has 4 bridgehead atoms. The summed E-state index contributed by atoms with van der Waals surface area (Å²) in [7, 11) is 0. The number of hydroxylamine groups is 1. The van der Waals surface area contributed by atoms with Crippen molar-refractivity contribution in [2.24, 2.45) is 17.8 Å². The van der Waals surface area contributed by atoms with E-state index in [-0.39, 0.29) is 11.4 Å². The van der Waals surface area contributed by atoms with E-state index in [1.54, 1.807) is 11.6 Å². The van der Waals surface area contributed by atoms with Gasteiger partial charge in [0, 0.05) is 18.2 Å². The normalized spacial score (nSPS) is 30.5. The van der Waals surface area contributed by atoms with E-state index < -0.39 is 5.91 Å². The molecule has 4 fully saturated rings. The van der Waals surface area contributed by atoms with E-state index in [9.17, 15) is 9.59 Å². The first-order valence-electron chi connectivity index (χ1n) is 10.3. The molecule has 1 aromatic rings. The highest BCUT2D eigenvalue weighted by atomic mass is 16.5. The van der Waals surface area contributed by atoms with E-state index in [2.05, 4.69) is 10.6 Å². The Labute approximate surface area is 165 Å². The highest BCUT2D eigenvalue weighted by Gasteiger charge is 2.50. The summed E-state index contributed by atoms with van der Waals surface area (Å²) in [6.45, 7) is 0.881. The number of carbonyl (C=O) groups excluding carboxylic acids is 2. The Hall–Kier alpha value is -2.18. The molecule has 4 aliphatic rings. The molecule has 1 aromatic carbocycles. The lowest BCUT2D eigenvalue weighted by atomic mass is 9.53. The lowest BCUT2D eigenvalue weighted by molar-refractivity contribution is -0.124. The number of hydrogen-bond donors (Lipinski definition) is 4. The highest BCUT2D eigenvalue weighted by molar-refractivity contribution is 5.90. The Morgan fingerprint density at radius 3 is 2.21 bits per heavy atom. The standard InChI is InChI=1S/C22H29N3O3/c26-20(25-28)6-5-15-1-3-16(4-2-15)13-23-21(27)14-24-22-10-17-7-18(11-22)9-19(8-17)12-22/h1-6,17-19,24,28H,7-14H2,(H,23,27)(H,25,26)/b6-5+. The first-order chi connectivity index (χ1) is 13.5. The molecule has 6 heteroatoms. The van der Waals surface area contributed by atoms with E-state index in [4.69, 9.17) is 5.21 Å².